The van der Waals surface area contributed by atoms with Crippen molar-refractivity contribution in [2.45, 2.75) is 57.9 Å². The Morgan fingerprint density at radius 1 is 1.43 bits per heavy atom. The van der Waals surface area contributed by atoms with Crippen molar-refractivity contribution in [2.75, 3.05) is 13.1 Å². The average molecular weight is 293 g/mol. The first-order chi connectivity index (χ1) is 10.1. The third-order valence-corrected chi connectivity index (χ3v) is 4.77. The summed E-state index contributed by atoms with van der Waals surface area (Å²) in [5.41, 5.74) is -0.526. The maximum absolute atomic E-state index is 11.6. The molecule has 1 saturated heterocycles. The van der Waals surface area contributed by atoms with Gasteiger partial charge in [0.15, 0.2) is 5.82 Å². The lowest BCUT2D eigenvalue weighted by Gasteiger charge is -2.38. The van der Waals surface area contributed by atoms with Crippen LogP contribution in [0.15, 0.2) is 4.52 Å². The Balaban J connectivity index is 1.55. The summed E-state index contributed by atoms with van der Waals surface area (Å²) in [4.78, 5) is 18.2. The van der Waals surface area contributed by atoms with E-state index in [0.717, 1.165) is 50.5 Å². The lowest BCUT2D eigenvalue weighted by atomic mass is 9.75. The van der Waals surface area contributed by atoms with Crippen LogP contribution in [0.25, 0.3) is 0 Å². The number of likely N-dealkylation sites (tertiary alicyclic amines) is 1. The Morgan fingerprint density at radius 3 is 2.71 bits per heavy atom. The zero-order valence-corrected chi connectivity index (χ0v) is 12.5. The number of carboxylic acid groups (broad SMARTS) is 1. The zero-order chi connectivity index (χ0) is 14.9. The van der Waals surface area contributed by atoms with Crippen LogP contribution < -0.4 is 0 Å². The fraction of sp³-hybridized carbons (Fsp3) is 0.800. The third-order valence-electron chi connectivity index (χ3n) is 4.77. The molecule has 3 rings (SSSR count). The molecule has 6 heteroatoms. The van der Waals surface area contributed by atoms with E-state index in [2.05, 4.69) is 22.0 Å². The average Bonchev–Trinajstić information content (AvgIpc) is 3.22. The predicted octanol–water partition coefficient (Wildman–Crippen LogP) is 2.41. The van der Waals surface area contributed by atoms with E-state index in [1.54, 1.807) is 0 Å². The minimum absolute atomic E-state index is 0.483. The molecule has 1 aromatic rings. The first-order valence-corrected chi connectivity index (χ1v) is 7.91. The summed E-state index contributed by atoms with van der Waals surface area (Å²) < 4.78 is 5.27. The molecule has 1 aliphatic carbocycles. The first kappa shape index (κ1) is 14.5. The van der Waals surface area contributed by atoms with Gasteiger partial charge in [-0.1, -0.05) is 18.5 Å². The lowest BCUT2D eigenvalue weighted by molar-refractivity contribution is -0.152. The number of carboxylic acids is 1. The highest BCUT2D eigenvalue weighted by atomic mass is 16.5. The highest BCUT2D eigenvalue weighted by molar-refractivity contribution is 5.74. The summed E-state index contributed by atoms with van der Waals surface area (Å²) in [5, 5.41) is 13.5. The fourth-order valence-corrected chi connectivity index (χ4v) is 3.22. The lowest BCUT2D eigenvalue weighted by Crippen LogP contribution is -2.44. The van der Waals surface area contributed by atoms with Crippen molar-refractivity contribution < 1.29 is 14.4 Å². The molecule has 1 N–H and O–H groups in total. The van der Waals surface area contributed by atoms with Gasteiger partial charge >= 0.3 is 5.97 Å². The SMILES string of the molecule is CCCC1(C(=O)O)CCN(Cc2noc(C3CC3)n2)CC1. The number of aromatic nitrogens is 2. The van der Waals surface area contributed by atoms with E-state index >= 15 is 0 Å². The number of hydrogen-bond acceptors (Lipinski definition) is 5. The van der Waals surface area contributed by atoms with Gasteiger partial charge in [0.1, 0.15) is 0 Å². The molecule has 6 nitrogen and oxygen atoms in total. The van der Waals surface area contributed by atoms with Gasteiger partial charge in [-0.15, -0.1) is 0 Å². The summed E-state index contributed by atoms with van der Waals surface area (Å²) in [7, 11) is 0. The molecule has 0 aromatic carbocycles. The Bertz CT molecular complexity index is 502. The summed E-state index contributed by atoms with van der Waals surface area (Å²) >= 11 is 0. The molecule has 0 radical (unpaired) electrons. The Hall–Kier alpha value is -1.43. The molecule has 2 aliphatic rings. The molecule has 1 aliphatic heterocycles. The third kappa shape index (κ3) is 3.10. The van der Waals surface area contributed by atoms with E-state index in [9.17, 15) is 9.90 Å². The molecular formula is C15H23N3O3. The van der Waals surface area contributed by atoms with Crippen molar-refractivity contribution in [3.63, 3.8) is 0 Å². The van der Waals surface area contributed by atoms with E-state index in [1.165, 1.54) is 0 Å². The maximum Gasteiger partial charge on any atom is 0.309 e. The molecular weight excluding hydrogens is 270 g/mol. The molecule has 0 amide bonds. The Morgan fingerprint density at radius 2 is 2.14 bits per heavy atom. The van der Waals surface area contributed by atoms with Crippen molar-refractivity contribution >= 4 is 5.97 Å². The van der Waals surface area contributed by atoms with Crippen LogP contribution in [0, 0.1) is 5.41 Å². The van der Waals surface area contributed by atoms with Crippen LogP contribution >= 0.6 is 0 Å². The summed E-state index contributed by atoms with van der Waals surface area (Å²) in [5.74, 6) is 1.35. The van der Waals surface area contributed by atoms with Gasteiger partial charge in [0, 0.05) is 5.92 Å². The number of nitrogens with zero attached hydrogens (tertiary/aromatic N) is 3. The molecule has 2 fully saturated rings. The molecule has 1 saturated carbocycles. The maximum atomic E-state index is 11.6. The van der Waals surface area contributed by atoms with Gasteiger partial charge in [-0.2, -0.15) is 4.98 Å². The second-order valence-electron chi connectivity index (χ2n) is 6.43. The van der Waals surface area contributed by atoms with Gasteiger partial charge in [-0.05, 0) is 45.2 Å². The van der Waals surface area contributed by atoms with Gasteiger partial charge in [-0.3, -0.25) is 9.69 Å². The standard InChI is InChI=1S/C15H23N3O3/c1-2-5-15(14(19)20)6-8-18(9-7-15)10-12-16-13(21-17-12)11-3-4-11/h11H,2-10H2,1H3,(H,19,20). The van der Waals surface area contributed by atoms with Crippen LogP contribution in [0.4, 0.5) is 0 Å². The van der Waals surface area contributed by atoms with E-state index in [0.29, 0.717) is 25.3 Å². The summed E-state index contributed by atoms with van der Waals surface area (Å²) in [6.07, 6.45) is 5.42. The van der Waals surface area contributed by atoms with Crippen LogP contribution in [-0.4, -0.2) is 39.2 Å². The number of hydrogen-bond donors (Lipinski definition) is 1. The van der Waals surface area contributed by atoms with Crippen LogP contribution in [0.2, 0.25) is 0 Å². The monoisotopic (exact) mass is 293 g/mol. The Kier molecular flexibility index (Phi) is 3.97. The summed E-state index contributed by atoms with van der Waals surface area (Å²) in [6, 6.07) is 0. The molecule has 0 spiro atoms. The molecule has 116 valence electrons. The topological polar surface area (TPSA) is 79.5 Å². The van der Waals surface area contributed by atoms with Gasteiger partial charge in [0.05, 0.1) is 12.0 Å². The predicted molar refractivity (Wildman–Crippen MR) is 75.8 cm³/mol. The molecule has 0 bridgehead atoms. The van der Waals surface area contributed by atoms with E-state index in [-0.39, 0.29) is 0 Å². The van der Waals surface area contributed by atoms with Crippen molar-refractivity contribution in [2.24, 2.45) is 5.41 Å². The molecule has 2 heterocycles. The van der Waals surface area contributed by atoms with Crippen molar-refractivity contribution in [1.29, 1.82) is 0 Å². The van der Waals surface area contributed by atoms with Crippen LogP contribution in [0.5, 0.6) is 0 Å². The van der Waals surface area contributed by atoms with E-state index < -0.39 is 11.4 Å². The smallest absolute Gasteiger partial charge is 0.309 e. The van der Waals surface area contributed by atoms with Gasteiger partial charge < -0.3 is 9.63 Å². The van der Waals surface area contributed by atoms with Gasteiger partial charge in [-0.25, -0.2) is 0 Å². The first-order valence-electron chi connectivity index (χ1n) is 7.91. The van der Waals surface area contributed by atoms with Gasteiger partial charge in [0.2, 0.25) is 5.89 Å². The van der Waals surface area contributed by atoms with Crippen molar-refractivity contribution in [3.8, 4) is 0 Å². The zero-order valence-electron chi connectivity index (χ0n) is 12.5. The molecule has 0 atom stereocenters. The largest absolute Gasteiger partial charge is 0.481 e. The number of rotatable bonds is 6. The van der Waals surface area contributed by atoms with Gasteiger partial charge in [0.25, 0.3) is 0 Å². The number of carbonyl (C=O) groups is 1. The highest BCUT2D eigenvalue weighted by Crippen LogP contribution is 2.39. The van der Waals surface area contributed by atoms with E-state index in [1.807, 2.05) is 0 Å². The van der Waals surface area contributed by atoms with Crippen molar-refractivity contribution in [1.82, 2.24) is 15.0 Å². The number of aliphatic carboxylic acids is 1. The van der Waals surface area contributed by atoms with Crippen LogP contribution in [-0.2, 0) is 11.3 Å². The minimum Gasteiger partial charge on any atom is -0.481 e. The van der Waals surface area contributed by atoms with Crippen LogP contribution in [0.1, 0.15) is 63.1 Å². The van der Waals surface area contributed by atoms with Crippen LogP contribution in [0.3, 0.4) is 0 Å². The second kappa shape index (κ2) is 5.75. The number of piperidine rings is 1. The Labute approximate surface area is 124 Å². The van der Waals surface area contributed by atoms with Crippen molar-refractivity contribution in [3.05, 3.63) is 11.7 Å². The molecule has 0 unspecified atom stereocenters. The second-order valence-corrected chi connectivity index (χ2v) is 6.43. The fourth-order valence-electron chi connectivity index (χ4n) is 3.22. The van der Waals surface area contributed by atoms with E-state index in [4.69, 9.17) is 4.52 Å². The quantitative estimate of drug-likeness (QED) is 0.867. The minimum atomic E-state index is -0.639. The normalized spacial score (nSPS) is 22.3. The summed E-state index contributed by atoms with van der Waals surface area (Å²) in [6.45, 7) is 4.30. The molecule has 1 aromatic heterocycles. The molecule has 21 heavy (non-hydrogen) atoms. The highest BCUT2D eigenvalue weighted by Gasteiger charge is 2.40.